The van der Waals surface area contributed by atoms with Crippen molar-refractivity contribution in [1.82, 2.24) is 9.80 Å². The van der Waals surface area contributed by atoms with Gasteiger partial charge in [0, 0.05) is 37.0 Å². The van der Waals surface area contributed by atoms with Gasteiger partial charge in [-0.2, -0.15) is 0 Å². The minimum atomic E-state index is -3.66. The van der Waals surface area contributed by atoms with Crippen molar-refractivity contribution in [1.29, 1.82) is 0 Å². The molecule has 1 spiro atoms. The Kier molecular flexibility index (Phi) is 7.02. The monoisotopic (exact) mass is 517 g/mol. The lowest BCUT2D eigenvalue weighted by atomic mass is 9.78. The summed E-state index contributed by atoms with van der Waals surface area (Å²) < 4.78 is 25.0. The Labute approximate surface area is 217 Å². The first-order valence-corrected chi connectivity index (χ1v) is 14.3. The molecular weight excluding hydrogens is 486 g/mol. The lowest BCUT2D eigenvalue weighted by Crippen LogP contribution is -2.46. The first-order valence-electron chi connectivity index (χ1n) is 12.6. The number of sulfone groups is 1. The van der Waals surface area contributed by atoms with Crippen LogP contribution in [-0.4, -0.2) is 62.1 Å². The highest BCUT2D eigenvalue weighted by Gasteiger charge is 2.43. The summed E-state index contributed by atoms with van der Waals surface area (Å²) in [6.07, 6.45) is 3.94. The average Bonchev–Trinajstić information content (AvgIpc) is 3.32. The Morgan fingerprint density at radius 2 is 1.49 bits per heavy atom. The number of carbonyl (C=O) groups is 2. The van der Waals surface area contributed by atoms with E-state index in [1.54, 1.807) is 4.90 Å². The molecular formula is C29H31N3O4S. The van der Waals surface area contributed by atoms with Gasteiger partial charge in [-0.05, 0) is 47.8 Å². The smallest absolute Gasteiger partial charge is 0.321 e. The molecule has 8 heteroatoms. The molecule has 37 heavy (non-hydrogen) atoms. The van der Waals surface area contributed by atoms with Crippen LogP contribution in [0.25, 0.3) is 16.8 Å². The fourth-order valence-electron chi connectivity index (χ4n) is 5.33. The number of nitrogens with one attached hydrogen (secondary N) is 1. The molecule has 0 bridgehead atoms. The first kappa shape index (κ1) is 25.0. The SMILES string of the molecule is O=C(CS(=O)(=O)C=Cc1ccccc1)N1CCC2(CCN(C(=O)Nc3cccc4ccccc34)CC2)C1. The molecule has 192 valence electrons. The fourth-order valence-corrected chi connectivity index (χ4v) is 6.31. The van der Waals surface area contributed by atoms with Crippen molar-refractivity contribution in [2.24, 2.45) is 5.41 Å². The number of amides is 3. The van der Waals surface area contributed by atoms with Crippen molar-refractivity contribution in [3.05, 3.63) is 83.8 Å². The normalized spacial score (nSPS) is 17.5. The van der Waals surface area contributed by atoms with E-state index in [1.165, 1.54) is 6.08 Å². The Morgan fingerprint density at radius 3 is 2.24 bits per heavy atom. The van der Waals surface area contributed by atoms with Gasteiger partial charge >= 0.3 is 6.03 Å². The van der Waals surface area contributed by atoms with E-state index in [4.69, 9.17) is 0 Å². The highest BCUT2D eigenvalue weighted by Crippen LogP contribution is 2.40. The van der Waals surface area contributed by atoms with E-state index >= 15 is 0 Å². The van der Waals surface area contributed by atoms with Crippen molar-refractivity contribution in [2.75, 3.05) is 37.2 Å². The Bertz CT molecular complexity index is 1420. The minimum absolute atomic E-state index is 0.0600. The predicted molar refractivity (Wildman–Crippen MR) is 147 cm³/mol. The largest absolute Gasteiger partial charge is 0.341 e. The number of fused-ring (bicyclic) bond motifs is 1. The van der Waals surface area contributed by atoms with Crippen molar-refractivity contribution < 1.29 is 18.0 Å². The second-order valence-electron chi connectivity index (χ2n) is 10.0. The van der Waals surface area contributed by atoms with Crippen molar-refractivity contribution in [3.8, 4) is 0 Å². The maximum absolute atomic E-state index is 13.0. The van der Waals surface area contributed by atoms with Crippen LogP contribution in [0.2, 0.25) is 0 Å². The zero-order chi connectivity index (χ0) is 25.9. The number of hydrogen-bond acceptors (Lipinski definition) is 4. The second kappa shape index (κ2) is 10.4. The number of urea groups is 1. The third-order valence-corrected chi connectivity index (χ3v) is 8.73. The van der Waals surface area contributed by atoms with Crippen LogP contribution in [0, 0.1) is 5.41 Å². The minimum Gasteiger partial charge on any atom is -0.341 e. The number of rotatable bonds is 5. The van der Waals surface area contributed by atoms with Gasteiger partial charge in [0.25, 0.3) is 0 Å². The van der Waals surface area contributed by atoms with Gasteiger partial charge in [-0.3, -0.25) is 4.79 Å². The molecule has 2 saturated heterocycles. The zero-order valence-corrected chi connectivity index (χ0v) is 21.5. The zero-order valence-electron chi connectivity index (χ0n) is 20.7. The number of piperidine rings is 1. The topological polar surface area (TPSA) is 86.8 Å². The number of benzene rings is 3. The van der Waals surface area contributed by atoms with E-state index in [0.717, 1.165) is 46.7 Å². The predicted octanol–water partition coefficient (Wildman–Crippen LogP) is 4.77. The van der Waals surface area contributed by atoms with E-state index in [1.807, 2.05) is 77.7 Å². The van der Waals surface area contributed by atoms with Crippen LogP contribution in [0.15, 0.2) is 78.2 Å². The third kappa shape index (κ3) is 5.85. The Balaban J connectivity index is 1.14. The molecule has 3 amide bonds. The van der Waals surface area contributed by atoms with Crippen LogP contribution < -0.4 is 5.32 Å². The van der Waals surface area contributed by atoms with Gasteiger partial charge in [0.1, 0.15) is 5.75 Å². The van der Waals surface area contributed by atoms with Gasteiger partial charge in [-0.1, -0.05) is 66.7 Å². The first-order chi connectivity index (χ1) is 17.8. The maximum atomic E-state index is 13.0. The number of carbonyl (C=O) groups excluding carboxylic acids is 2. The van der Waals surface area contributed by atoms with Gasteiger partial charge in [0.15, 0.2) is 9.84 Å². The van der Waals surface area contributed by atoms with Gasteiger partial charge in [0.2, 0.25) is 5.91 Å². The molecule has 3 aromatic rings. The molecule has 2 aliphatic rings. The summed E-state index contributed by atoms with van der Waals surface area (Å²) in [4.78, 5) is 29.3. The van der Waals surface area contributed by atoms with Gasteiger partial charge < -0.3 is 15.1 Å². The number of likely N-dealkylation sites (tertiary alicyclic amines) is 2. The number of anilines is 1. The molecule has 0 saturated carbocycles. The standard InChI is InChI=1S/C29H31N3O4S/c33-27(21-37(35,36)20-13-23-7-2-1-3-8-23)32-19-16-29(22-32)14-17-31(18-15-29)28(34)30-26-12-6-10-24-9-4-5-11-25(24)26/h1-13,20H,14-19,21-22H2,(H,30,34). The van der Waals surface area contributed by atoms with Gasteiger partial charge in [-0.15, -0.1) is 0 Å². The lowest BCUT2D eigenvalue weighted by molar-refractivity contribution is -0.127. The summed E-state index contributed by atoms with van der Waals surface area (Å²) in [6.45, 7) is 2.31. The maximum Gasteiger partial charge on any atom is 0.321 e. The molecule has 0 unspecified atom stereocenters. The lowest BCUT2D eigenvalue weighted by Gasteiger charge is -2.39. The van der Waals surface area contributed by atoms with Crippen molar-refractivity contribution in [2.45, 2.75) is 19.3 Å². The average molecular weight is 518 g/mol. The summed E-state index contributed by atoms with van der Waals surface area (Å²) in [5.74, 6) is -0.878. The summed E-state index contributed by atoms with van der Waals surface area (Å²) in [5, 5.41) is 6.26. The van der Waals surface area contributed by atoms with Crippen molar-refractivity contribution >= 4 is 44.3 Å². The van der Waals surface area contributed by atoms with Crippen LogP contribution in [0.4, 0.5) is 10.5 Å². The third-order valence-electron chi connectivity index (χ3n) is 7.53. The summed E-state index contributed by atoms with van der Waals surface area (Å²) in [6, 6.07) is 22.9. The fraction of sp³-hybridized carbons (Fsp3) is 0.310. The highest BCUT2D eigenvalue weighted by atomic mass is 32.2. The Morgan fingerprint density at radius 1 is 0.838 bits per heavy atom. The van der Waals surface area contributed by atoms with Crippen LogP contribution in [0.5, 0.6) is 0 Å². The van der Waals surface area contributed by atoms with Crippen LogP contribution in [0.1, 0.15) is 24.8 Å². The summed E-state index contributed by atoms with van der Waals surface area (Å²) in [5.41, 5.74) is 1.51. The van der Waals surface area contributed by atoms with E-state index in [0.29, 0.717) is 26.2 Å². The highest BCUT2D eigenvalue weighted by molar-refractivity contribution is 7.95. The Hall–Kier alpha value is -3.65. The summed E-state index contributed by atoms with van der Waals surface area (Å²) >= 11 is 0. The van der Waals surface area contributed by atoms with E-state index in [-0.39, 0.29) is 17.4 Å². The molecule has 2 fully saturated rings. The molecule has 0 aromatic heterocycles. The number of hydrogen-bond donors (Lipinski definition) is 1. The molecule has 3 aromatic carbocycles. The molecule has 0 radical (unpaired) electrons. The molecule has 2 aliphatic heterocycles. The van der Waals surface area contributed by atoms with Crippen molar-refractivity contribution in [3.63, 3.8) is 0 Å². The van der Waals surface area contributed by atoms with E-state index < -0.39 is 15.6 Å². The van der Waals surface area contributed by atoms with Crippen LogP contribution in [0.3, 0.4) is 0 Å². The molecule has 0 atom stereocenters. The van der Waals surface area contributed by atoms with E-state index in [9.17, 15) is 18.0 Å². The van der Waals surface area contributed by atoms with Crippen LogP contribution >= 0.6 is 0 Å². The summed E-state index contributed by atoms with van der Waals surface area (Å²) in [7, 11) is -3.66. The molecule has 5 rings (SSSR count). The van der Waals surface area contributed by atoms with Gasteiger partial charge in [0.05, 0.1) is 5.69 Å². The number of nitrogens with zero attached hydrogens (tertiary/aromatic N) is 2. The molecule has 2 heterocycles. The second-order valence-corrected chi connectivity index (χ2v) is 11.9. The van der Waals surface area contributed by atoms with Crippen LogP contribution in [-0.2, 0) is 14.6 Å². The van der Waals surface area contributed by atoms with E-state index in [2.05, 4.69) is 5.32 Å². The molecule has 7 nitrogen and oxygen atoms in total. The molecule has 0 aliphatic carbocycles. The quantitative estimate of drug-likeness (QED) is 0.528. The van der Waals surface area contributed by atoms with Gasteiger partial charge in [-0.25, -0.2) is 13.2 Å². The molecule has 1 N–H and O–H groups in total.